The van der Waals surface area contributed by atoms with E-state index in [1.54, 1.807) is 6.92 Å². The Hall–Kier alpha value is -3.96. The predicted molar refractivity (Wildman–Crippen MR) is 155 cm³/mol. The molecule has 200 valence electrons. The Morgan fingerprint density at radius 3 is 2.33 bits per heavy atom. The average molecular weight is 521 g/mol. The molecule has 1 aliphatic heterocycles. The summed E-state index contributed by atoms with van der Waals surface area (Å²) in [4.78, 5) is 19.4. The van der Waals surface area contributed by atoms with Crippen molar-refractivity contribution in [1.82, 2.24) is 9.88 Å². The summed E-state index contributed by atoms with van der Waals surface area (Å²) in [6, 6.07) is 28.8. The van der Waals surface area contributed by atoms with Crippen molar-refractivity contribution in [1.29, 1.82) is 0 Å². The van der Waals surface area contributed by atoms with E-state index in [1.165, 1.54) is 16.7 Å². The van der Waals surface area contributed by atoms with E-state index in [2.05, 4.69) is 52.3 Å². The fourth-order valence-corrected chi connectivity index (χ4v) is 5.20. The van der Waals surface area contributed by atoms with E-state index in [0.29, 0.717) is 18.9 Å². The lowest BCUT2D eigenvalue weighted by molar-refractivity contribution is -0.114. The minimum Gasteiger partial charge on any atom is -0.493 e. The molecule has 39 heavy (non-hydrogen) atoms. The minimum atomic E-state index is 0.214. The number of oxazole rings is 1. The zero-order valence-electron chi connectivity index (χ0n) is 22.9. The highest BCUT2D eigenvalue weighted by molar-refractivity contribution is 5.94. The standard InChI is InChI=1S/C34H36N2O3/c1-25(37)32-19-21-36(23-28-9-5-3-6-10-28)24-30(32)16-13-27-14-17-31(18-15-27)38-22-20-33-26(2)39-34(35-33)29-11-7-4-8-12-29/h3-12,14-15,17-18H,13,16,19-24H2,1-2H3. The number of carbonyl (C=O) groups excluding carboxylic acids is 1. The number of benzene rings is 3. The molecule has 5 rings (SSSR count). The monoisotopic (exact) mass is 520 g/mol. The van der Waals surface area contributed by atoms with Crippen LogP contribution in [0, 0.1) is 6.92 Å². The molecule has 1 aromatic heterocycles. The zero-order valence-corrected chi connectivity index (χ0v) is 22.9. The highest BCUT2D eigenvalue weighted by Gasteiger charge is 2.21. The van der Waals surface area contributed by atoms with Crippen LogP contribution in [-0.4, -0.2) is 35.4 Å². The zero-order chi connectivity index (χ0) is 27.0. The number of ether oxygens (including phenoxy) is 1. The molecule has 0 saturated heterocycles. The quantitative estimate of drug-likeness (QED) is 0.213. The topological polar surface area (TPSA) is 55.6 Å². The van der Waals surface area contributed by atoms with Gasteiger partial charge in [-0.3, -0.25) is 9.69 Å². The molecule has 0 radical (unpaired) electrons. The number of ketones is 1. The molecule has 5 nitrogen and oxygen atoms in total. The number of carbonyl (C=O) groups is 1. The Balaban J connectivity index is 1.13. The SMILES string of the molecule is CC(=O)C1=C(CCc2ccc(OCCc3nc(-c4ccccc4)oc3C)cc2)CN(Cc2ccccc2)CC1. The fourth-order valence-electron chi connectivity index (χ4n) is 5.20. The van der Waals surface area contributed by atoms with Crippen LogP contribution < -0.4 is 4.74 Å². The predicted octanol–water partition coefficient (Wildman–Crippen LogP) is 7.00. The lowest BCUT2D eigenvalue weighted by Crippen LogP contribution is -2.32. The second-order valence-corrected chi connectivity index (χ2v) is 10.2. The van der Waals surface area contributed by atoms with Crippen LogP contribution in [0.2, 0.25) is 0 Å². The van der Waals surface area contributed by atoms with Crippen LogP contribution in [-0.2, 0) is 24.2 Å². The van der Waals surface area contributed by atoms with Gasteiger partial charge in [0.1, 0.15) is 11.5 Å². The highest BCUT2D eigenvalue weighted by atomic mass is 16.5. The number of nitrogens with zero attached hydrogens (tertiary/aromatic N) is 2. The summed E-state index contributed by atoms with van der Waals surface area (Å²) in [6.07, 6.45) is 3.33. The van der Waals surface area contributed by atoms with E-state index in [4.69, 9.17) is 9.15 Å². The number of aromatic nitrogens is 1. The molecular weight excluding hydrogens is 484 g/mol. The summed E-state index contributed by atoms with van der Waals surface area (Å²) in [7, 11) is 0. The van der Waals surface area contributed by atoms with Crippen molar-refractivity contribution in [2.75, 3.05) is 19.7 Å². The van der Waals surface area contributed by atoms with Gasteiger partial charge in [-0.05, 0) is 79.6 Å². The Bertz CT molecular complexity index is 1410. The van der Waals surface area contributed by atoms with E-state index < -0.39 is 0 Å². The van der Waals surface area contributed by atoms with E-state index in [9.17, 15) is 4.79 Å². The molecular formula is C34H36N2O3. The number of hydrogen-bond donors (Lipinski definition) is 0. The Morgan fingerprint density at radius 2 is 1.62 bits per heavy atom. The average Bonchev–Trinajstić information content (AvgIpc) is 3.34. The molecule has 0 bridgehead atoms. The normalized spacial score (nSPS) is 14.0. The number of aryl methyl sites for hydroxylation is 2. The summed E-state index contributed by atoms with van der Waals surface area (Å²) in [5.41, 5.74) is 6.77. The molecule has 3 aromatic carbocycles. The molecule has 0 amide bonds. The lowest BCUT2D eigenvalue weighted by atomic mass is 9.92. The lowest BCUT2D eigenvalue weighted by Gasteiger charge is -2.30. The van der Waals surface area contributed by atoms with Gasteiger partial charge < -0.3 is 9.15 Å². The van der Waals surface area contributed by atoms with Gasteiger partial charge >= 0.3 is 0 Å². The van der Waals surface area contributed by atoms with Gasteiger partial charge in [-0.25, -0.2) is 4.98 Å². The van der Waals surface area contributed by atoms with Crippen molar-refractivity contribution in [2.24, 2.45) is 0 Å². The minimum absolute atomic E-state index is 0.214. The molecule has 0 spiro atoms. The first kappa shape index (κ1) is 26.6. The Labute approximate surface area is 231 Å². The summed E-state index contributed by atoms with van der Waals surface area (Å²) in [5.74, 6) is 2.54. The van der Waals surface area contributed by atoms with Crippen molar-refractivity contribution in [3.8, 4) is 17.2 Å². The van der Waals surface area contributed by atoms with Gasteiger partial charge in [-0.1, -0.05) is 60.7 Å². The largest absolute Gasteiger partial charge is 0.493 e. The molecule has 0 unspecified atom stereocenters. The van der Waals surface area contributed by atoms with Crippen LogP contribution in [0.5, 0.6) is 5.75 Å². The second-order valence-electron chi connectivity index (χ2n) is 10.2. The van der Waals surface area contributed by atoms with Gasteiger partial charge in [0, 0.05) is 31.6 Å². The van der Waals surface area contributed by atoms with Gasteiger partial charge in [-0.15, -0.1) is 0 Å². The van der Waals surface area contributed by atoms with Gasteiger partial charge in [0.25, 0.3) is 0 Å². The third-order valence-electron chi connectivity index (χ3n) is 7.35. The number of Topliss-reactive ketones (excluding diaryl/α,β-unsaturated/α-hetero) is 1. The highest BCUT2D eigenvalue weighted by Crippen LogP contribution is 2.25. The van der Waals surface area contributed by atoms with Crippen LogP contribution in [0.25, 0.3) is 11.5 Å². The maximum atomic E-state index is 12.3. The maximum Gasteiger partial charge on any atom is 0.226 e. The molecule has 1 aliphatic rings. The molecule has 4 aromatic rings. The molecule has 0 fully saturated rings. The van der Waals surface area contributed by atoms with Crippen molar-refractivity contribution in [3.63, 3.8) is 0 Å². The summed E-state index contributed by atoms with van der Waals surface area (Å²) >= 11 is 0. The van der Waals surface area contributed by atoms with Crippen LogP contribution in [0.3, 0.4) is 0 Å². The van der Waals surface area contributed by atoms with E-state index >= 15 is 0 Å². The Kier molecular flexibility index (Phi) is 8.69. The van der Waals surface area contributed by atoms with Crippen LogP contribution >= 0.6 is 0 Å². The van der Waals surface area contributed by atoms with Gasteiger partial charge in [0.05, 0.1) is 12.3 Å². The van der Waals surface area contributed by atoms with Crippen molar-refractivity contribution in [2.45, 2.75) is 46.1 Å². The third-order valence-corrected chi connectivity index (χ3v) is 7.35. The first-order valence-electron chi connectivity index (χ1n) is 13.8. The van der Waals surface area contributed by atoms with Crippen molar-refractivity contribution >= 4 is 5.78 Å². The Morgan fingerprint density at radius 1 is 0.897 bits per heavy atom. The molecule has 0 aliphatic carbocycles. The summed E-state index contributed by atoms with van der Waals surface area (Å²) < 4.78 is 11.9. The van der Waals surface area contributed by atoms with Gasteiger partial charge in [0.2, 0.25) is 5.89 Å². The van der Waals surface area contributed by atoms with Crippen molar-refractivity contribution in [3.05, 3.63) is 119 Å². The summed E-state index contributed by atoms with van der Waals surface area (Å²) in [5, 5.41) is 0. The van der Waals surface area contributed by atoms with Crippen LogP contribution in [0.1, 0.15) is 42.3 Å². The van der Waals surface area contributed by atoms with Gasteiger partial charge in [0.15, 0.2) is 5.78 Å². The first-order chi connectivity index (χ1) is 19.0. The van der Waals surface area contributed by atoms with Crippen LogP contribution in [0.4, 0.5) is 0 Å². The molecule has 0 saturated carbocycles. The maximum absolute atomic E-state index is 12.3. The number of hydrogen-bond acceptors (Lipinski definition) is 5. The van der Waals surface area contributed by atoms with Crippen LogP contribution in [0.15, 0.2) is 100 Å². The second kappa shape index (κ2) is 12.7. The molecule has 0 N–H and O–H groups in total. The molecule has 0 atom stereocenters. The van der Waals surface area contributed by atoms with Crippen molar-refractivity contribution < 1.29 is 13.9 Å². The van der Waals surface area contributed by atoms with E-state index in [0.717, 1.165) is 67.2 Å². The van der Waals surface area contributed by atoms with E-state index in [-0.39, 0.29) is 5.78 Å². The smallest absolute Gasteiger partial charge is 0.226 e. The fraction of sp³-hybridized carbons (Fsp3) is 0.294. The molecule has 5 heteroatoms. The third kappa shape index (κ3) is 7.12. The number of rotatable bonds is 11. The van der Waals surface area contributed by atoms with Gasteiger partial charge in [-0.2, -0.15) is 0 Å². The molecule has 2 heterocycles. The first-order valence-corrected chi connectivity index (χ1v) is 13.8. The summed E-state index contributed by atoms with van der Waals surface area (Å²) in [6.45, 7) is 6.90. The van der Waals surface area contributed by atoms with E-state index in [1.807, 2.05) is 49.4 Å².